The Bertz CT molecular complexity index is 1030. The highest BCUT2D eigenvalue weighted by Gasteiger charge is 2.14. The number of rotatable bonds is 7. The summed E-state index contributed by atoms with van der Waals surface area (Å²) in [6.45, 7) is 0.256. The molecule has 0 radical (unpaired) electrons. The molecule has 3 aromatic rings. The van der Waals surface area contributed by atoms with Gasteiger partial charge in [0.25, 0.3) is 0 Å². The lowest BCUT2D eigenvalue weighted by Gasteiger charge is -2.11. The van der Waals surface area contributed by atoms with E-state index < -0.39 is 0 Å². The van der Waals surface area contributed by atoms with E-state index >= 15 is 0 Å². The predicted octanol–water partition coefficient (Wildman–Crippen LogP) is 5.26. The molecule has 6 heteroatoms. The molecule has 0 aliphatic heterocycles. The van der Waals surface area contributed by atoms with Gasteiger partial charge in [0, 0.05) is 0 Å². The van der Waals surface area contributed by atoms with Crippen molar-refractivity contribution >= 4 is 23.2 Å². The molecular weight excluding hydrogens is 377 g/mol. The predicted molar refractivity (Wildman–Crippen MR) is 106 cm³/mol. The first-order valence-corrected chi connectivity index (χ1v) is 9.24. The van der Waals surface area contributed by atoms with Crippen LogP contribution in [0.5, 0.6) is 11.5 Å². The third-order valence-corrected chi connectivity index (χ3v) is 4.78. The van der Waals surface area contributed by atoms with E-state index in [1.54, 1.807) is 47.8 Å². The zero-order valence-corrected chi connectivity index (χ0v) is 15.8. The third kappa shape index (κ3) is 4.64. The minimum Gasteiger partial charge on any atom is -0.493 e. The van der Waals surface area contributed by atoms with Crippen LogP contribution in [0.4, 0.5) is 4.39 Å². The van der Waals surface area contributed by atoms with Crippen LogP contribution in [0.3, 0.4) is 0 Å². The number of allylic oxidation sites excluding steroid dienone is 1. The van der Waals surface area contributed by atoms with Crippen molar-refractivity contribution in [3.05, 3.63) is 87.4 Å². The molecule has 0 bridgehead atoms. The van der Waals surface area contributed by atoms with Gasteiger partial charge in [-0.2, -0.15) is 5.26 Å². The number of halogens is 1. The Morgan fingerprint density at radius 2 is 1.96 bits per heavy atom. The molecule has 28 heavy (non-hydrogen) atoms. The molecule has 1 aromatic heterocycles. The van der Waals surface area contributed by atoms with E-state index in [1.807, 2.05) is 6.07 Å². The summed E-state index contributed by atoms with van der Waals surface area (Å²) in [4.78, 5) is 12.9. The van der Waals surface area contributed by atoms with Crippen LogP contribution in [0.25, 0.3) is 6.08 Å². The fraction of sp³-hybridized carbons (Fsp3) is 0.0909. The first kappa shape index (κ1) is 19.3. The van der Waals surface area contributed by atoms with Crippen molar-refractivity contribution in [3.8, 4) is 17.6 Å². The quantitative estimate of drug-likeness (QED) is 0.312. The highest BCUT2D eigenvalue weighted by molar-refractivity contribution is 7.12. The highest BCUT2D eigenvalue weighted by atomic mass is 32.1. The van der Waals surface area contributed by atoms with E-state index in [-0.39, 0.29) is 23.8 Å². The maximum absolute atomic E-state index is 13.0. The van der Waals surface area contributed by atoms with Gasteiger partial charge in [0.15, 0.2) is 11.5 Å². The van der Waals surface area contributed by atoms with E-state index in [1.165, 1.54) is 36.7 Å². The number of methoxy groups -OCH3 is 1. The molecule has 4 nitrogen and oxygen atoms in total. The van der Waals surface area contributed by atoms with Gasteiger partial charge in [-0.25, -0.2) is 4.39 Å². The molecule has 3 rings (SSSR count). The highest BCUT2D eigenvalue weighted by Crippen LogP contribution is 2.30. The van der Waals surface area contributed by atoms with Crippen LogP contribution in [-0.2, 0) is 6.61 Å². The van der Waals surface area contributed by atoms with Crippen molar-refractivity contribution in [1.82, 2.24) is 0 Å². The second-order valence-electron chi connectivity index (χ2n) is 5.80. The number of Topliss-reactive ketones (excluding diaryl/α,β-unsaturated/α-hetero) is 1. The molecule has 0 fully saturated rings. The molecule has 0 atom stereocenters. The third-order valence-electron chi connectivity index (χ3n) is 3.92. The van der Waals surface area contributed by atoms with E-state index in [0.29, 0.717) is 21.9 Å². The van der Waals surface area contributed by atoms with Crippen molar-refractivity contribution in [3.63, 3.8) is 0 Å². The average molecular weight is 393 g/mol. The monoisotopic (exact) mass is 393 g/mol. The van der Waals surface area contributed by atoms with Crippen LogP contribution < -0.4 is 9.47 Å². The molecule has 140 valence electrons. The number of nitrogens with zero attached hydrogens (tertiary/aromatic N) is 1. The summed E-state index contributed by atoms with van der Waals surface area (Å²) >= 11 is 1.29. The number of benzene rings is 2. The Labute approximate surface area is 166 Å². The first-order chi connectivity index (χ1) is 13.6. The van der Waals surface area contributed by atoms with Crippen molar-refractivity contribution in [2.45, 2.75) is 6.61 Å². The molecule has 0 amide bonds. The summed E-state index contributed by atoms with van der Waals surface area (Å²) in [6, 6.07) is 16.6. The normalized spacial score (nSPS) is 11.0. The van der Waals surface area contributed by atoms with Gasteiger partial charge in [0.05, 0.1) is 12.0 Å². The molecule has 1 heterocycles. The fourth-order valence-corrected chi connectivity index (χ4v) is 3.17. The molecule has 0 unspecified atom stereocenters. The van der Waals surface area contributed by atoms with Crippen LogP contribution in [-0.4, -0.2) is 12.9 Å². The Hall–Kier alpha value is -3.43. The number of carbonyl (C=O) groups is 1. The summed E-state index contributed by atoms with van der Waals surface area (Å²) in [7, 11) is 1.51. The largest absolute Gasteiger partial charge is 0.493 e. The molecule has 0 N–H and O–H groups in total. The zero-order valence-electron chi connectivity index (χ0n) is 15.0. The molecule has 0 saturated carbocycles. The number of thiophene rings is 1. The van der Waals surface area contributed by atoms with Gasteiger partial charge in [-0.05, 0) is 52.9 Å². The first-order valence-electron chi connectivity index (χ1n) is 8.36. The van der Waals surface area contributed by atoms with Gasteiger partial charge >= 0.3 is 0 Å². The van der Waals surface area contributed by atoms with Gasteiger partial charge in [-0.15, -0.1) is 11.3 Å². The lowest BCUT2D eigenvalue weighted by Crippen LogP contribution is -2.00. The van der Waals surface area contributed by atoms with Gasteiger partial charge in [-0.1, -0.05) is 24.3 Å². The minimum absolute atomic E-state index is 0.0458. The van der Waals surface area contributed by atoms with E-state index in [2.05, 4.69) is 0 Å². The van der Waals surface area contributed by atoms with E-state index in [9.17, 15) is 14.4 Å². The summed E-state index contributed by atoms with van der Waals surface area (Å²) in [6.07, 6.45) is 1.52. The molecular formula is C22H16FNO3S. The Kier molecular flexibility index (Phi) is 6.20. The fourth-order valence-electron chi connectivity index (χ4n) is 2.49. The molecule has 0 aliphatic carbocycles. The number of ether oxygens (including phenoxy) is 2. The zero-order chi connectivity index (χ0) is 19.9. The standard InChI is InChI=1S/C22H16FNO3S/c1-26-20-12-16(11-17(13-24)22(25)21-3-2-10-28-21)6-9-19(20)27-14-15-4-7-18(23)8-5-15/h2-12H,14H2,1H3/b17-11+. The molecule has 0 saturated heterocycles. The van der Waals surface area contributed by atoms with Crippen LogP contribution in [0, 0.1) is 17.1 Å². The van der Waals surface area contributed by atoms with Crippen molar-refractivity contribution < 1.29 is 18.7 Å². The van der Waals surface area contributed by atoms with Gasteiger partial charge in [-0.3, -0.25) is 4.79 Å². The minimum atomic E-state index is -0.312. The smallest absolute Gasteiger partial charge is 0.213 e. The lowest BCUT2D eigenvalue weighted by atomic mass is 10.1. The molecule has 0 spiro atoms. The molecule has 0 aliphatic rings. The number of nitriles is 1. The van der Waals surface area contributed by atoms with Crippen LogP contribution in [0.15, 0.2) is 65.6 Å². The van der Waals surface area contributed by atoms with Crippen molar-refractivity contribution in [2.24, 2.45) is 0 Å². The number of carbonyl (C=O) groups excluding carboxylic acids is 1. The van der Waals surface area contributed by atoms with Crippen molar-refractivity contribution in [2.75, 3.05) is 7.11 Å². The van der Waals surface area contributed by atoms with Crippen LogP contribution in [0.1, 0.15) is 20.8 Å². The SMILES string of the molecule is COc1cc(/C=C(\C#N)C(=O)c2cccs2)ccc1OCc1ccc(F)cc1. The van der Waals surface area contributed by atoms with Crippen LogP contribution >= 0.6 is 11.3 Å². The van der Waals surface area contributed by atoms with E-state index in [4.69, 9.17) is 9.47 Å². The summed E-state index contributed by atoms with van der Waals surface area (Å²) in [5.41, 5.74) is 1.51. The second-order valence-corrected chi connectivity index (χ2v) is 6.75. The summed E-state index contributed by atoms with van der Waals surface area (Å²) < 4.78 is 24.1. The average Bonchev–Trinajstić information content (AvgIpc) is 3.26. The number of ketones is 1. The second kappa shape index (κ2) is 8.98. The Morgan fingerprint density at radius 1 is 1.18 bits per heavy atom. The van der Waals surface area contributed by atoms with E-state index in [0.717, 1.165) is 5.56 Å². The van der Waals surface area contributed by atoms with Gasteiger partial charge in [0.1, 0.15) is 24.1 Å². The Morgan fingerprint density at radius 3 is 2.61 bits per heavy atom. The van der Waals surface area contributed by atoms with Gasteiger partial charge < -0.3 is 9.47 Å². The van der Waals surface area contributed by atoms with Crippen molar-refractivity contribution in [1.29, 1.82) is 5.26 Å². The Balaban J connectivity index is 1.79. The van der Waals surface area contributed by atoms with Crippen LogP contribution in [0.2, 0.25) is 0 Å². The lowest BCUT2D eigenvalue weighted by molar-refractivity contribution is 0.104. The number of hydrogen-bond donors (Lipinski definition) is 0. The number of hydrogen-bond acceptors (Lipinski definition) is 5. The maximum atomic E-state index is 13.0. The summed E-state index contributed by atoms with van der Waals surface area (Å²) in [5.74, 6) is 0.361. The van der Waals surface area contributed by atoms with Gasteiger partial charge in [0.2, 0.25) is 5.78 Å². The summed E-state index contributed by atoms with van der Waals surface area (Å²) in [5, 5.41) is 11.1. The maximum Gasteiger partial charge on any atom is 0.213 e. The topological polar surface area (TPSA) is 59.3 Å². The molecule has 2 aromatic carbocycles.